The van der Waals surface area contributed by atoms with E-state index in [4.69, 9.17) is 33.7 Å². The quantitative estimate of drug-likeness (QED) is 0.244. The summed E-state index contributed by atoms with van der Waals surface area (Å²) >= 11 is 12.5. The van der Waals surface area contributed by atoms with Crippen LogP contribution in [-0.2, 0) is 0 Å². The van der Waals surface area contributed by atoms with E-state index in [2.05, 4.69) is 5.16 Å². The topological polar surface area (TPSA) is 88.1 Å². The molecule has 0 spiro atoms. The van der Waals surface area contributed by atoms with Gasteiger partial charge in [0.2, 0.25) is 0 Å². The Balaban J connectivity index is 2.43. The highest BCUT2D eigenvalue weighted by atomic mass is 35.5. The van der Waals surface area contributed by atoms with Gasteiger partial charge in [-0.3, -0.25) is 0 Å². The molecule has 0 radical (unpaired) electrons. The van der Waals surface area contributed by atoms with Crippen molar-refractivity contribution in [3.8, 4) is 33.8 Å². The standard InChI is InChI=1S/C20H16Cl2N2O3/c1-27-18-7-4-12(21)8-16(18)19-15(11-2-5-14(25)6-3-11)9-13(22)10-17(19)20(23)24-26/h2-10,25-26H,1H3,(H2,23,24). The minimum absolute atomic E-state index is 0.102. The highest BCUT2D eigenvalue weighted by molar-refractivity contribution is 6.32. The molecule has 0 atom stereocenters. The largest absolute Gasteiger partial charge is 0.508 e. The first-order valence-corrected chi connectivity index (χ1v) is 8.65. The van der Waals surface area contributed by atoms with Crippen LogP contribution in [0.4, 0.5) is 0 Å². The van der Waals surface area contributed by atoms with Crippen LogP contribution in [0.1, 0.15) is 5.56 Å². The molecule has 0 bridgehead atoms. The molecule has 0 heterocycles. The summed E-state index contributed by atoms with van der Waals surface area (Å²) < 4.78 is 5.49. The number of phenolic OH excluding ortho intramolecular Hbond substituents is 1. The number of halogens is 2. The number of ether oxygens (including phenoxy) is 1. The maximum absolute atomic E-state index is 9.61. The van der Waals surface area contributed by atoms with E-state index in [1.165, 1.54) is 0 Å². The van der Waals surface area contributed by atoms with Gasteiger partial charge in [0.05, 0.1) is 7.11 Å². The van der Waals surface area contributed by atoms with Crippen LogP contribution < -0.4 is 10.5 Å². The predicted octanol–water partition coefficient (Wildman–Crippen LogP) is 5.14. The normalized spacial score (nSPS) is 11.4. The maximum atomic E-state index is 9.61. The lowest BCUT2D eigenvalue weighted by Crippen LogP contribution is -2.15. The molecule has 0 amide bonds. The molecule has 0 unspecified atom stereocenters. The van der Waals surface area contributed by atoms with Crippen molar-refractivity contribution in [2.45, 2.75) is 0 Å². The third-order valence-corrected chi connectivity index (χ3v) is 4.55. The van der Waals surface area contributed by atoms with Crippen molar-refractivity contribution >= 4 is 29.0 Å². The van der Waals surface area contributed by atoms with Gasteiger partial charge in [0, 0.05) is 26.7 Å². The molecule has 0 fully saturated rings. The van der Waals surface area contributed by atoms with Gasteiger partial charge in [-0.2, -0.15) is 0 Å². The zero-order chi connectivity index (χ0) is 19.6. The summed E-state index contributed by atoms with van der Waals surface area (Å²) in [5.74, 6) is 0.600. The molecular formula is C20H16Cl2N2O3. The second-order valence-corrected chi connectivity index (χ2v) is 6.63. The highest BCUT2D eigenvalue weighted by Gasteiger charge is 2.20. The predicted molar refractivity (Wildman–Crippen MR) is 108 cm³/mol. The van der Waals surface area contributed by atoms with Gasteiger partial charge in [-0.05, 0) is 53.6 Å². The number of hydrogen-bond acceptors (Lipinski definition) is 4. The fourth-order valence-corrected chi connectivity index (χ4v) is 3.29. The molecule has 4 N–H and O–H groups in total. The number of aromatic hydroxyl groups is 1. The molecule has 3 aromatic carbocycles. The summed E-state index contributed by atoms with van der Waals surface area (Å²) in [6.07, 6.45) is 0. The number of rotatable bonds is 4. The summed E-state index contributed by atoms with van der Waals surface area (Å²) in [7, 11) is 1.55. The number of methoxy groups -OCH3 is 1. The van der Waals surface area contributed by atoms with Gasteiger partial charge in [-0.1, -0.05) is 40.5 Å². The van der Waals surface area contributed by atoms with E-state index in [0.29, 0.717) is 38.0 Å². The Labute approximate surface area is 166 Å². The zero-order valence-electron chi connectivity index (χ0n) is 14.3. The van der Waals surface area contributed by atoms with Crippen molar-refractivity contribution < 1.29 is 15.1 Å². The van der Waals surface area contributed by atoms with E-state index in [-0.39, 0.29) is 11.6 Å². The van der Waals surface area contributed by atoms with Gasteiger partial charge >= 0.3 is 0 Å². The molecule has 0 aromatic heterocycles. The number of nitrogens with zero attached hydrogens (tertiary/aromatic N) is 1. The lowest BCUT2D eigenvalue weighted by atomic mass is 9.89. The van der Waals surface area contributed by atoms with Crippen LogP contribution in [-0.4, -0.2) is 23.3 Å². The number of benzene rings is 3. The van der Waals surface area contributed by atoms with Crippen molar-refractivity contribution in [2.75, 3.05) is 7.11 Å². The van der Waals surface area contributed by atoms with Gasteiger partial charge in [-0.15, -0.1) is 0 Å². The molecule has 0 aliphatic carbocycles. The van der Waals surface area contributed by atoms with Gasteiger partial charge in [0.25, 0.3) is 0 Å². The Morgan fingerprint density at radius 3 is 2.26 bits per heavy atom. The van der Waals surface area contributed by atoms with Crippen molar-refractivity contribution in [2.24, 2.45) is 10.9 Å². The molecule has 5 nitrogen and oxygen atoms in total. The van der Waals surface area contributed by atoms with Crippen LogP contribution in [0.5, 0.6) is 11.5 Å². The molecule has 27 heavy (non-hydrogen) atoms. The molecule has 3 aromatic rings. The van der Waals surface area contributed by atoms with Gasteiger partial charge in [-0.25, -0.2) is 0 Å². The van der Waals surface area contributed by atoms with Crippen LogP contribution in [0.25, 0.3) is 22.3 Å². The fraction of sp³-hybridized carbons (Fsp3) is 0.0500. The van der Waals surface area contributed by atoms with Crippen molar-refractivity contribution in [1.82, 2.24) is 0 Å². The van der Waals surface area contributed by atoms with E-state index in [0.717, 1.165) is 5.56 Å². The van der Waals surface area contributed by atoms with Gasteiger partial charge in [0.1, 0.15) is 11.5 Å². The van der Waals surface area contributed by atoms with Crippen molar-refractivity contribution in [3.63, 3.8) is 0 Å². The molecule has 0 saturated carbocycles. The maximum Gasteiger partial charge on any atom is 0.170 e. The van der Waals surface area contributed by atoms with E-state index in [9.17, 15) is 10.3 Å². The van der Waals surface area contributed by atoms with Crippen LogP contribution in [0.3, 0.4) is 0 Å². The Morgan fingerprint density at radius 2 is 1.63 bits per heavy atom. The molecule has 0 saturated heterocycles. The fourth-order valence-electron chi connectivity index (χ4n) is 2.90. The van der Waals surface area contributed by atoms with E-state index < -0.39 is 0 Å². The monoisotopic (exact) mass is 402 g/mol. The average Bonchev–Trinajstić information content (AvgIpc) is 2.67. The smallest absolute Gasteiger partial charge is 0.170 e. The van der Waals surface area contributed by atoms with E-state index in [1.54, 1.807) is 61.7 Å². The Bertz CT molecular complexity index is 1020. The summed E-state index contributed by atoms with van der Waals surface area (Å²) in [5, 5.41) is 22.9. The Kier molecular flexibility index (Phi) is 5.44. The Hall–Kier alpha value is -2.89. The highest BCUT2D eigenvalue weighted by Crippen LogP contribution is 2.42. The van der Waals surface area contributed by atoms with Crippen LogP contribution in [0, 0.1) is 0 Å². The minimum Gasteiger partial charge on any atom is -0.508 e. The van der Waals surface area contributed by atoms with E-state index >= 15 is 0 Å². The number of hydrogen-bond donors (Lipinski definition) is 3. The van der Waals surface area contributed by atoms with Gasteiger partial charge in [0.15, 0.2) is 5.84 Å². The third kappa shape index (κ3) is 3.79. The first kappa shape index (κ1) is 18.9. The first-order chi connectivity index (χ1) is 12.9. The minimum atomic E-state index is -0.102. The summed E-state index contributed by atoms with van der Waals surface area (Å²) in [6, 6.07) is 15.2. The molecule has 0 aliphatic heterocycles. The SMILES string of the molecule is COc1ccc(Cl)cc1-c1c(/C(N)=N/O)cc(Cl)cc1-c1ccc(O)cc1. The summed E-state index contributed by atoms with van der Waals surface area (Å²) in [5.41, 5.74) is 9.14. The lowest BCUT2D eigenvalue weighted by molar-refractivity contribution is 0.318. The van der Waals surface area contributed by atoms with Crippen LogP contribution in [0.15, 0.2) is 59.8 Å². The number of phenols is 1. The van der Waals surface area contributed by atoms with Crippen LogP contribution >= 0.6 is 23.2 Å². The van der Waals surface area contributed by atoms with Crippen molar-refractivity contribution in [3.05, 3.63) is 70.2 Å². The average molecular weight is 403 g/mol. The Morgan fingerprint density at radius 1 is 0.963 bits per heavy atom. The van der Waals surface area contributed by atoms with E-state index in [1.807, 2.05) is 0 Å². The summed E-state index contributed by atoms with van der Waals surface area (Å²) in [4.78, 5) is 0. The zero-order valence-corrected chi connectivity index (χ0v) is 15.8. The lowest BCUT2D eigenvalue weighted by Gasteiger charge is -2.18. The molecule has 138 valence electrons. The molecule has 3 rings (SSSR count). The van der Waals surface area contributed by atoms with Crippen LogP contribution in [0.2, 0.25) is 10.0 Å². The number of nitrogens with two attached hydrogens (primary N) is 1. The summed E-state index contributed by atoms with van der Waals surface area (Å²) in [6.45, 7) is 0. The first-order valence-electron chi connectivity index (χ1n) is 7.89. The molecular weight excluding hydrogens is 387 g/mol. The third-order valence-electron chi connectivity index (χ3n) is 4.10. The molecule has 0 aliphatic rings. The second-order valence-electron chi connectivity index (χ2n) is 5.75. The number of oxime groups is 1. The van der Waals surface area contributed by atoms with Gasteiger partial charge < -0.3 is 20.8 Å². The second kappa shape index (κ2) is 7.78. The van der Waals surface area contributed by atoms with Crippen molar-refractivity contribution in [1.29, 1.82) is 0 Å². The molecule has 7 heteroatoms. The number of amidine groups is 1.